The molecule has 27 heavy (non-hydrogen) atoms. The Morgan fingerprint density at radius 1 is 0.963 bits per heavy atom. The Kier molecular flexibility index (Phi) is 6.11. The van der Waals surface area contributed by atoms with Gasteiger partial charge in [-0.15, -0.1) is 0 Å². The molecule has 4 nitrogen and oxygen atoms in total. The lowest BCUT2D eigenvalue weighted by Crippen LogP contribution is -2.57. The molecule has 0 N–H and O–H groups in total. The Balaban J connectivity index is 1.30. The van der Waals surface area contributed by atoms with Crippen molar-refractivity contribution in [3.63, 3.8) is 0 Å². The molecule has 4 aliphatic rings. The number of carbonyl (C=O) groups is 2. The third-order valence-corrected chi connectivity index (χ3v) is 6.96. The molecule has 4 bridgehead atoms. The standard InChI is InChI=1S/C21H32F2O4/c1-20(16-10-14-9-15(12-16)13-17(20)11-14)27-18(24)7-5-3-4-6-8-26-19(25)21(2,22)23/h14-17H,3-13H2,1-2H3. The number of alkyl halides is 2. The maximum absolute atomic E-state index is 12.6. The third kappa shape index (κ3) is 4.80. The molecule has 4 fully saturated rings. The van der Waals surface area contributed by atoms with Crippen LogP contribution in [0.4, 0.5) is 8.78 Å². The van der Waals surface area contributed by atoms with Crippen LogP contribution in [0.25, 0.3) is 0 Å². The van der Waals surface area contributed by atoms with Gasteiger partial charge in [0.2, 0.25) is 0 Å². The fourth-order valence-electron chi connectivity index (χ4n) is 5.60. The van der Waals surface area contributed by atoms with Gasteiger partial charge in [0.05, 0.1) is 6.61 Å². The van der Waals surface area contributed by atoms with E-state index in [1.807, 2.05) is 0 Å². The van der Waals surface area contributed by atoms with Gasteiger partial charge in [-0.3, -0.25) is 4.79 Å². The predicted octanol–water partition coefficient (Wildman–Crippen LogP) is 4.89. The van der Waals surface area contributed by atoms with Crippen LogP contribution in [0.5, 0.6) is 0 Å². The molecule has 0 heterocycles. The first kappa shape index (κ1) is 20.5. The van der Waals surface area contributed by atoms with Crippen LogP contribution in [-0.4, -0.2) is 30.1 Å². The van der Waals surface area contributed by atoms with Crippen molar-refractivity contribution in [1.82, 2.24) is 0 Å². The van der Waals surface area contributed by atoms with Crippen molar-refractivity contribution in [3.05, 3.63) is 0 Å². The molecule has 0 aromatic carbocycles. The second kappa shape index (κ2) is 8.04. The summed E-state index contributed by atoms with van der Waals surface area (Å²) >= 11 is 0. The van der Waals surface area contributed by atoms with Crippen molar-refractivity contribution >= 4 is 11.9 Å². The van der Waals surface area contributed by atoms with E-state index in [0.29, 0.717) is 38.0 Å². The van der Waals surface area contributed by atoms with E-state index in [2.05, 4.69) is 11.7 Å². The van der Waals surface area contributed by atoms with Gasteiger partial charge < -0.3 is 9.47 Å². The molecule has 4 saturated carbocycles. The number of unbranched alkanes of at least 4 members (excludes halogenated alkanes) is 3. The Bertz CT molecular complexity index is 527. The van der Waals surface area contributed by atoms with Crippen LogP contribution in [0.15, 0.2) is 0 Å². The average Bonchev–Trinajstić information content (AvgIpc) is 2.57. The van der Waals surface area contributed by atoms with Gasteiger partial charge >= 0.3 is 17.9 Å². The predicted molar refractivity (Wildman–Crippen MR) is 96.2 cm³/mol. The monoisotopic (exact) mass is 386 g/mol. The minimum atomic E-state index is -3.43. The van der Waals surface area contributed by atoms with Crippen molar-refractivity contribution < 1.29 is 27.8 Å². The van der Waals surface area contributed by atoms with Gasteiger partial charge in [-0.1, -0.05) is 12.8 Å². The first-order chi connectivity index (χ1) is 12.7. The quantitative estimate of drug-likeness (QED) is 0.418. The molecule has 0 aromatic heterocycles. The number of rotatable bonds is 9. The van der Waals surface area contributed by atoms with E-state index in [9.17, 15) is 18.4 Å². The van der Waals surface area contributed by atoms with Crippen molar-refractivity contribution in [1.29, 1.82) is 0 Å². The molecule has 6 heteroatoms. The summed E-state index contributed by atoms with van der Waals surface area (Å²) < 4.78 is 35.8. The van der Waals surface area contributed by atoms with Crippen molar-refractivity contribution in [3.8, 4) is 0 Å². The van der Waals surface area contributed by atoms with Gasteiger partial charge in [0, 0.05) is 13.3 Å². The van der Waals surface area contributed by atoms with Gasteiger partial charge in [0.15, 0.2) is 0 Å². The van der Waals surface area contributed by atoms with Crippen molar-refractivity contribution in [2.45, 2.75) is 89.6 Å². The molecule has 0 saturated heterocycles. The Morgan fingerprint density at radius 2 is 1.52 bits per heavy atom. The highest BCUT2D eigenvalue weighted by atomic mass is 19.3. The molecule has 0 radical (unpaired) electrons. The molecule has 0 aliphatic heterocycles. The summed E-state index contributed by atoms with van der Waals surface area (Å²) in [6.07, 6.45) is 9.41. The lowest BCUT2D eigenvalue weighted by Gasteiger charge is -2.59. The van der Waals surface area contributed by atoms with Gasteiger partial charge in [-0.05, 0) is 75.5 Å². The highest BCUT2D eigenvalue weighted by Gasteiger charge is 2.56. The fraction of sp³-hybridized carbons (Fsp3) is 0.905. The van der Waals surface area contributed by atoms with E-state index >= 15 is 0 Å². The minimum absolute atomic E-state index is 0.00350. The van der Waals surface area contributed by atoms with Gasteiger partial charge in [0.1, 0.15) is 5.60 Å². The number of esters is 2. The molecular formula is C21H32F2O4. The van der Waals surface area contributed by atoms with Gasteiger partial charge in [0.25, 0.3) is 0 Å². The van der Waals surface area contributed by atoms with Gasteiger partial charge in [-0.2, -0.15) is 8.78 Å². The molecule has 0 amide bonds. The fourth-order valence-corrected chi connectivity index (χ4v) is 5.60. The number of hydrogen-bond acceptors (Lipinski definition) is 4. The maximum Gasteiger partial charge on any atom is 0.376 e. The molecule has 154 valence electrons. The summed E-state index contributed by atoms with van der Waals surface area (Å²) in [6, 6.07) is 0. The smallest absolute Gasteiger partial charge is 0.376 e. The van der Waals surface area contributed by atoms with Crippen LogP contribution >= 0.6 is 0 Å². The van der Waals surface area contributed by atoms with E-state index in [0.717, 1.165) is 24.7 Å². The molecule has 0 aromatic rings. The van der Waals surface area contributed by atoms with Crippen molar-refractivity contribution in [2.24, 2.45) is 23.7 Å². The second-order valence-electron chi connectivity index (χ2n) is 9.15. The summed E-state index contributed by atoms with van der Waals surface area (Å²) in [5, 5.41) is 0. The second-order valence-corrected chi connectivity index (χ2v) is 9.15. The zero-order valence-corrected chi connectivity index (χ0v) is 16.5. The van der Waals surface area contributed by atoms with Crippen LogP contribution in [0.1, 0.15) is 78.1 Å². The first-order valence-electron chi connectivity index (χ1n) is 10.5. The third-order valence-electron chi connectivity index (χ3n) is 6.96. The molecule has 4 aliphatic carbocycles. The summed E-state index contributed by atoms with van der Waals surface area (Å²) in [5.41, 5.74) is -0.274. The summed E-state index contributed by atoms with van der Waals surface area (Å²) in [6.45, 7) is 2.68. The lowest BCUT2D eigenvalue weighted by atomic mass is 9.50. The highest BCUT2D eigenvalue weighted by Crippen LogP contribution is 2.59. The Morgan fingerprint density at radius 3 is 2.07 bits per heavy atom. The van der Waals surface area contributed by atoms with E-state index in [1.54, 1.807) is 0 Å². The largest absolute Gasteiger partial charge is 0.461 e. The van der Waals surface area contributed by atoms with E-state index in [4.69, 9.17) is 4.74 Å². The summed E-state index contributed by atoms with van der Waals surface area (Å²) in [5.74, 6) is -2.26. The number of ether oxygens (including phenoxy) is 2. The average molecular weight is 386 g/mol. The molecule has 0 unspecified atom stereocenters. The van der Waals surface area contributed by atoms with Crippen LogP contribution < -0.4 is 0 Å². The first-order valence-corrected chi connectivity index (χ1v) is 10.5. The number of hydrogen-bond donors (Lipinski definition) is 0. The molecule has 0 spiro atoms. The van der Waals surface area contributed by atoms with Crippen LogP contribution in [0.3, 0.4) is 0 Å². The van der Waals surface area contributed by atoms with E-state index < -0.39 is 11.9 Å². The highest BCUT2D eigenvalue weighted by molar-refractivity contribution is 5.76. The molecule has 0 atom stereocenters. The Hall–Kier alpha value is -1.20. The normalized spacial score (nSPS) is 34.5. The lowest BCUT2D eigenvalue weighted by molar-refractivity contribution is -0.203. The topological polar surface area (TPSA) is 52.6 Å². The Labute approximate surface area is 160 Å². The van der Waals surface area contributed by atoms with Crippen LogP contribution in [-0.2, 0) is 19.1 Å². The number of carbonyl (C=O) groups excluding carboxylic acids is 2. The zero-order chi connectivity index (χ0) is 19.7. The van der Waals surface area contributed by atoms with Crippen LogP contribution in [0.2, 0.25) is 0 Å². The van der Waals surface area contributed by atoms with Gasteiger partial charge in [-0.25, -0.2) is 4.79 Å². The summed E-state index contributed by atoms with van der Waals surface area (Å²) in [7, 11) is 0. The van der Waals surface area contributed by atoms with Crippen LogP contribution in [0, 0.1) is 23.7 Å². The van der Waals surface area contributed by atoms with E-state index in [-0.39, 0.29) is 18.2 Å². The molecule has 4 rings (SSSR count). The molecular weight excluding hydrogens is 354 g/mol. The minimum Gasteiger partial charge on any atom is -0.461 e. The van der Waals surface area contributed by atoms with Crippen molar-refractivity contribution in [2.75, 3.05) is 6.61 Å². The van der Waals surface area contributed by atoms with E-state index in [1.165, 1.54) is 32.1 Å². The number of halogens is 2. The zero-order valence-electron chi connectivity index (χ0n) is 16.5. The summed E-state index contributed by atoms with van der Waals surface area (Å²) in [4.78, 5) is 23.3. The SMILES string of the molecule is CC(F)(F)C(=O)OCCCCCCC(=O)OC1(C)C2CC3CC(C2)CC1C3. The maximum atomic E-state index is 12.6.